The Balaban J connectivity index is 2.20. The largest absolute Gasteiger partial charge is 0.454 e. The second kappa shape index (κ2) is 9.52. The van der Waals surface area contributed by atoms with Crippen LogP contribution in [0.15, 0.2) is 38.8 Å². The molecular weight excluding hydrogens is 462 g/mol. The number of sulfonamides is 1. The van der Waals surface area contributed by atoms with Crippen LogP contribution in [-0.4, -0.2) is 44.2 Å². The van der Waals surface area contributed by atoms with Crippen LogP contribution < -0.4 is 5.73 Å². The standard InChI is InChI=1S/C19H22BrN3O5S/c1-12-3-5-23(6-4-12)29(26,27)16-8-14(7-15(20)9-16)19(25)28-11-18(24)17(10-21)13(2)22/h7-9,12H,3-6,11,22H2,1-2H3/b17-13+. The lowest BCUT2D eigenvalue weighted by atomic mass is 10.0. The van der Waals surface area contributed by atoms with E-state index in [1.807, 2.05) is 0 Å². The smallest absolute Gasteiger partial charge is 0.338 e. The van der Waals surface area contributed by atoms with E-state index in [9.17, 15) is 18.0 Å². The van der Waals surface area contributed by atoms with Crippen molar-refractivity contribution in [1.29, 1.82) is 5.26 Å². The van der Waals surface area contributed by atoms with Crippen LogP contribution in [-0.2, 0) is 19.6 Å². The number of ether oxygens (including phenoxy) is 1. The molecule has 2 rings (SSSR count). The number of ketones is 1. The quantitative estimate of drug-likeness (QED) is 0.373. The van der Waals surface area contributed by atoms with Crippen LogP contribution in [0.4, 0.5) is 0 Å². The minimum absolute atomic E-state index is 0.0249. The van der Waals surface area contributed by atoms with E-state index in [-0.39, 0.29) is 21.7 Å². The molecular formula is C19H22BrN3O5S. The number of nitrogens with two attached hydrogens (primary N) is 1. The molecule has 0 aromatic heterocycles. The Bertz CT molecular complexity index is 986. The van der Waals surface area contributed by atoms with Crippen molar-refractivity contribution >= 4 is 37.7 Å². The Morgan fingerprint density at radius 1 is 1.31 bits per heavy atom. The van der Waals surface area contributed by atoms with Crippen LogP contribution in [0.1, 0.15) is 37.0 Å². The average Bonchev–Trinajstić information content (AvgIpc) is 2.66. The molecule has 0 radical (unpaired) electrons. The van der Waals surface area contributed by atoms with Crippen LogP contribution in [0.2, 0.25) is 0 Å². The number of allylic oxidation sites excluding steroid dienone is 1. The highest BCUT2D eigenvalue weighted by molar-refractivity contribution is 9.10. The number of benzene rings is 1. The summed E-state index contributed by atoms with van der Waals surface area (Å²) in [5, 5.41) is 8.92. The van der Waals surface area contributed by atoms with Crippen molar-refractivity contribution < 1.29 is 22.7 Å². The van der Waals surface area contributed by atoms with Crippen molar-refractivity contribution in [3.05, 3.63) is 39.5 Å². The number of piperidine rings is 1. The van der Waals surface area contributed by atoms with Crippen molar-refractivity contribution in [3.8, 4) is 6.07 Å². The Labute approximate surface area is 178 Å². The zero-order valence-electron chi connectivity index (χ0n) is 16.1. The summed E-state index contributed by atoms with van der Waals surface area (Å²) in [5.74, 6) is -1.14. The zero-order valence-corrected chi connectivity index (χ0v) is 18.5. The van der Waals surface area contributed by atoms with Gasteiger partial charge in [-0.3, -0.25) is 4.79 Å². The maximum absolute atomic E-state index is 12.9. The van der Waals surface area contributed by atoms with E-state index in [2.05, 4.69) is 22.9 Å². The number of carbonyl (C=O) groups excluding carboxylic acids is 2. The fourth-order valence-corrected chi connectivity index (χ4v) is 5.05. The zero-order chi connectivity index (χ0) is 21.8. The van der Waals surface area contributed by atoms with Gasteiger partial charge in [0.25, 0.3) is 0 Å². The highest BCUT2D eigenvalue weighted by Crippen LogP contribution is 2.26. The number of rotatable bonds is 6. The molecule has 0 aliphatic carbocycles. The summed E-state index contributed by atoms with van der Waals surface area (Å²) in [5.41, 5.74) is 5.17. The van der Waals surface area contributed by atoms with Gasteiger partial charge in [-0.2, -0.15) is 9.57 Å². The monoisotopic (exact) mass is 483 g/mol. The van der Waals surface area contributed by atoms with E-state index in [1.165, 1.54) is 29.4 Å². The highest BCUT2D eigenvalue weighted by Gasteiger charge is 2.29. The number of esters is 1. The van der Waals surface area contributed by atoms with E-state index in [0.717, 1.165) is 12.8 Å². The molecule has 1 fully saturated rings. The summed E-state index contributed by atoms with van der Waals surface area (Å²) < 4.78 is 32.6. The van der Waals surface area contributed by atoms with Gasteiger partial charge in [-0.15, -0.1) is 0 Å². The predicted molar refractivity (Wildman–Crippen MR) is 109 cm³/mol. The van der Waals surface area contributed by atoms with Gasteiger partial charge in [-0.05, 0) is 43.9 Å². The molecule has 8 nitrogen and oxygen atoms in total. The molecule has 0 bridgehead atoms. The van der Waals surface area contributed by atoms with Crippen molar-refractivity contribution in [1.82, 2.24) is 4.31 Å². The molecule has 0 amide bonds. The lowest BCUT2D eigenvalue weighted by Crippen LogP contribution is -2.37. The molecule has 156 valence electrons. The van der Waals surface area contributed by atoms with Gasteiger partial charge in [-0.1, -0.05) is 22.9 Å². The number of nitriles is 1. The Kier molecular flexibility index (Phi) is 7.57. The molecule has 1 aromatic rings. The van der Waals surface area contributed by atoms with Crippen LogP contribution >= 0.6 is 15.9 Å². The summed E-state index contributed by atoms with van der Waals surface area (Å²) in [7, 11) is -3.76. The first-order valence-electron chi connectivity index (χ1n) is 8.93. The highest BCUT2D eigenvalue weighted by atomic mass is 79.9. The van der Waals surface area contributed by atoms with Crippen LogP contribution in [0.25, 0.3) is 0 Å². The summed E-state index contributed by atoms with van der Waals surface area (Å²) >= 11 is 3.22. The molecule has 29 heavy (non-hydrogen) atoms. The van der Waals surface area contributed by atoms with Gasteiger partial charge in [0.15, 0.2) is 6.61 Å². The lowest BCUT2D eigenvalue weighted by molar-refractivity contribution is -0.118. The Morgan fingerprint density at radius 3 is 2.48 bits per heavy atom. The maximum atomic E-state index is 12.9. The van der Waals surface area contributed by atoms with Gasteiger partial charge in [0, 0.05) is 23.3 Å². The number of Topliss-reactive ketones (excluding diaryl/α,β-unsaturated/α-hetero) is 1. The predicted octanol–water partition coefficient (Wildman–Crippen LogP) is 2.35. The minimum Gasteiger partial charge on any atom is -0.454 e. The van der Waals surface area contributed by atoms with Gasteiger partial charge in [0.05, 0.1) is 10.5 Å². The molecule has 0 atom stereocenters. The lowest BCUT2D eigenvalue weighted by Gasteiger charge is -2.29. The second-order valence-corrected chi connectivity index (χ2v) is 9.78. The Morgan fingerprint density at radius 2 is 1.93 bits per heavy atom. The fourth-order valence-electron chi connectivity index (χ4n) is 2.86. The SMILES string of the molecule is C/C(N)=C(/C#N)C(=O)COC(=O)c1cc(Br)cc(S(=O)(=O)N2CCC(C)CC2)c1. The second-order valence-electron chi connectivity index (χ2n) is 6.93. The molecule has 1 saturated heterocycles. The third-order valence-corrected chi connectivity index (χ3v) is 6.94. The van der Waals surface area contributed by atoms with E-state index in [0.29, 0.717) is 23.5 Å². The summed E-state index contributed by atoms with van der Waals surface area (Å²) in [6, 6.07) is 5.71. The van der Waals surface area contributed by atoms with Crippen molar-refractivity contribution in [2.75, 3.05) is 19.7 Å². The fraction of sp³-hybridized carbons (Fsp3) is 0.421. The van der Waals surface area contributed by atoms with Crippen LogP contribution in [0.3, 0.4) is 0 Å². The first-order valence-corrected chi connectivity index (χ1v) is 11.2. The van der Waals surface area contributed by atoms with E-state index >= 15 is 0 Å². The van der Waals surface area contributed by atoms with Gasteiger partial charge in [0.2, 0.25) is 15.8 Å². The molecule has 1 aliphatic heterocycles. The summed E-state index contributed by atoms with van der Waals surface area (Å²) in [6.07, 6.45) is 1.55. The first-order chi connectivity index (χ1) is 13.6. The van der Waals surface area contributed by atoms with Crippen molar-refractivity contribution in [3.63, 3.8) is 0 Å². The summed E-state index contributed by atoms with van der Waals surface area (Å²) in [6.45, 7) is 3.65. The molecule has 10 heteroatoms. The number of hydrogen-bond donors (Lipinski definition) is 1. The normalized spacial score (nSPS) is 16.6. The molecule has 1 aliphatic rings. The van der Waals surface area contributed by atoms with E-state index in [4.69, 9.17) is 15.7 Å². The molecule has 2 N–H and O–H groups in total. The molecule has 0 unspecified atom stereocenters. The first kappa shape index (κ1) is 23.1. The molecule has 1 heterocycles. The number of halogens is 1. The van der Waals surface area contributed by atoms with Crippen LogP contribution in [0, 0.1) is 17.2 Å². The number of nitrogens with zero attached hydrogens (tertiary/aromatic N) is 2. The van der Waals surface area contributed by atoms with Gasteiger partial charge in [-0.25, -0.2) is 13.2 Å². The van der Waals surface area contributed by atoms with E-state index < -0.39 is 28.4 Å². The van der Waals surface area contributed by atoms with Crippen molar-refractivity contribution in [2.24, 2.45) is 11.7 Å². The molecule has 0 spiro atoms. The molecule has 1 aromatic carbocycles. The third kappa shape index (κ3) is 5.65. The van der Waals surface area contributed by atoms with Crippen LogP contribution in [0.5, 0.6) is 0 Å². The van der Waals surface area contributed by atoms with Crippen molar-refractivity contribution in [2.45, 2.75) is 31.6 Å². The molecule has 0 saturated carbocycles. The van der Waals surface area contributed by atoms with Gasteiger partial charge < -0.3 is 10.5 Å². The number of carbonyl (C=O) groups is 2. The van der Waals surface area contributed by atoms with Gasteiger partial charge in [0.1, 0.15) is 11.6 Å². The Hall–Kier alpha value is -2.22. The van der Waals surface area contributed by atoms with E-state index in [1.54, 1.807) is 6.07 Å². The van der Waals surface area contributed by atoms with Gasteiger partial charge >= 0.3 is 5.97 Å². The number of hydrogen-bond acceptors (Lipinski definition) is 7. The topological polar surface area (TPSA) is 131 Å². The average molecular weight is 484 g/mol. The third-order valence-electron chi connectivity index (χ3n) is 4.61. The maximum Gasteiger partial charge on any atom is 0.338 e. The summed E-state index contributed by atoms with van der Waals surface area (Å²) in [4.78, 5) is 24.2. The minimum atomic E-state index is -3.76.